The number of nitrogens with zero attached hydrogens (tertiary/aromatic N) is 3. The number of carboxylic acid groups (broad SMARTS) is 1. The second kappa shape index (κ2) is 5.88. The molecule has 0 bridgehead atoms. The molecule has 0 saturated heterocycles. The van der Waals surface area contributed by atoms with E-state index in [4.69, 9.17) is 5.11 Å². The van der Waals surface area contributed by atoms with Crippen molar-refractivity contribution in [2.75, 3.05) is 5.75 Å². The number of aliphatic carboxylic acids is 1. The van der Waals surface area contributed by atoms with Crippen molar-refractivity contribution < 1.29 is 9.90 Å². The Morgan fingerprint density at radius 3 is 2.79 bits per heavy atom. The van der Waals surface area contributed by atoms with Gasteiger partial charge in [0.1, 0.15) is 5.82 Å². The van der Waals surface area contributed by atoms with Crippen LogP contribution in [0.25, 0.3) is 0 Å². The van der Waals surface area contributed by atoms with E-state index in [0.29, 0.717) is 11.6 Å². The molecule has 0 fully saturated rings. The van der Waals surface area contributed by atoms with Gasteiger partial charge in [0, 0.05) is 13.5 Å². The Bertz CT molecular complexity index is 595. The number of carboxylic acids is 1. The van der Waals surface area contributed by atoms with E-state index in [1.807, 2.05) is 23.7 Å². The van der Waals surface area contributed by atoms with Crippen LogP contribution in [-0.4, -0.2) is 31.6 Å². The lowest BCUT2D eigenvalue weighted by atomic mass is 10.1. The first kappa shape index (κ1) is 13.6. The number of benzene rings is 1. The topological polar surface area (TPSA) is 68.0 Å². The lowest BCUT2D eigenvalue weighted by Gasteiger charge is -2.05. The molecule has 2 rings (SSSR count). The summed E-state index contributed by atoms with van der Waals surface area (Å²) in [6.45, 7) is 2.06. The van der Waals surface area contributed by atoms with Gasteiger partial charge in [0.25, 0.3) is 0 Å². The van der Waals surface area contributed by atoms with Crippen molar-refractivity contribution in [3.05, 3.63) is 41.2 Å². The molecule has 0 aliphatic heterocycles. The van der Waals surface area contributed by atoms with Gasteiger partial charge >= 0.3 is 5.97 Å². The van der Waals surface area contributed by atoms with Crippen LogP contribution in [0.5, 0.6) is 0 Å². The number of aryl methyl sites for hydroxylation is 1. The Morgan fingerprint density at radius 1 is 1.37 bits per heavy atom. The molecule has 19 heavy (non-hydrogen) atoms. The molecule has 0 atom stereocenters. The summed E-state index contributed by atoms with van der Waals surface area (Å²) in [6.07, 6.45) is 0.698. The van der Waals surface area contributed by atoms with Crippen LogP contribution in [0, 0.1) is 6.92 Å². The van der Waals surface area contributed by atoms with E-state index in [-0.39, 0.29) is 5.75 Å². The van der Waals surface area contributed by atoms with Gasteiger partial charge in [-0.3, -0.25) is 4.79 Å². The summed E-state index contributed by atoms with van der Waals surface area (Å²) in [5.41, 5.74) is 2.41. The Balaban J connectivity index is 2.14. The van der Waals surface area contributed by atoms with Gasteiger partial charge in [-0.1, -0.05) is 36.0 Å². The maximum Gasteiger partial charge on any atom is 0.313 e. The second-order valence-corrected chi connectivity index (χ2v) is 5.19. The van der Waals surface area contributed by atoms with E-state index in [0.717, 1.165) is 5.82 Å². The Labute approximate surface area is 115 Å². The molecule has 5 nitrogen and oxygen atoms in total. The average molecular weight is 277 g/mol. The Morgan fingerprint density at radius 2 is 2.11 bits per heavy atom. The zero-order valence-electron chi connectivity index (χ0n) is 10.8. The maximum atomic E-state index is 10.5. The van der Waals surface area contributed by atoms with Crippen LogP contribution >= 0.6 is 11.8 Å². The van der Waals surface area contributed by atoms with E-state index >= 15 is 0 Å². The molecule has 0 radical (unpaired) electrons. The molecule has 6 heteroatoms. The highest BCUT2D eigenvalue weighted by Crippen LogP contribution is 2.18. The molecule has 100 valence electrons. The number of carbonyl (C=O) groups is 1. The number of aromatic nitrogens is 3. The van der Waals surface area contributed by atoms with Crippen molar-refractivity contribution in [1.82, 2.24) is 14.8 Å². The minimum absolute atomic E-state index is 0.00363. The maximum absolute atomic E-state index is 10.5. The van der Waals surface area contributed by atoms with Gasteiger partial charge in [0.2, 0.25) is 0 Å². The molecule has 0 aliphatic carbocycles. The van der Waals surface area contributed by atoms with Gasteiger partial charge in [0.05, 0.1) is 5.75 Å². The van der Waals surface area contributed by atoms with Crippen molar-refractivity contribution in [2.45, 2.75) is 18.5 Å². The standard InChI is InChI=1S/C13H15N3O2S/c1-9-5-3-4-6-10(9)7-11-14-15-13(16(11)2)19-8-12(17)18/h3-6H,7-8H2,1-2H3,(H,17,18). The molecule has 0 aliphatic rings. The van der Waals surface area contributed by atoms with Crippen LogP contribution in [0.2, 0.25) is 0 Å². The SMILES string of the molecule is Cc1ccccc1Cc1nnc(SCC(=O)O)n1C. The van der Waals surface area contributed by atoms with Crippen LogP contribution in [0.4, 0.5) is 0 Å². The van der Waals surface area contributed by atoms with Crippen molar-refractivity contribution in [2.24, 2.45) is 7.05 Å². The Hall–Kier alpha value is -1.82. The fraction of sp³-hybridized carbons (Fsp3) is 0.308. The van der Waals surface area contributed by atoms with Crippen LogP contribution in [0.15, 0.2) is 29.4 Å². The van der Waals surface area contributed by atoms with Crippen LogP contribution in [0.1, 0.15) is 17.0 Å². The molecule has 0 saturated carbocycles. The van der Waals surface area contributed by atoms with Gasteiger partial charge in [-0.05, 0) is 18.1 Å². The van der Waals surface area contributed by atoms with Gasteiger partial charge in [-0.25, -0.2) is 0 Å². The summed E-state index contributed by atoms with van der Waals surface area (Å²) < 4.78 is 1.85. The first-order valence-electron chi connectivity index (χ1n) is 5.85. The smallest absolute Gasteiger partial charge is 0.313 e. The summed E-state index contributed by atoms with van der Waals surface area (Å²) in [6, 6.07) is 8.13. The summed E-state index contributed by atoms with van der Waals surface area (Å²) in [5, 5.41) is 17.5. The van der Waals surface area contributed by atoms with E-state index < -0.39 is 5.97 Å². The number of hydrogen-bond donors (Lipinski definition) is 1. The molecule has 1 heterocycles. The summed E-state index contributed by atoms with van der Waals surface area (Å²) in [7, 11) is 1.86. The molecule has 2 aromatic rings. The molecular weight excluding hydrogens is 262 g/mol. The van der Waals surface area contributed by atoms with Gasteiger partial charge < -0.3 is 9.67 Å². The summed E-state index contributed by atoms with van der Waals surface area (Å²) in [5.74, 6) is -0.0216. The number of hydrogen-bond acceptors (Lipinski definition) is 4. The van der Waals surface area contributed by atoms with E-state index in [1.165, 1.54) is 22.9 Å². The first-order valence-corrected chi connectivity index (χ1v) is 6.84. The van der Waals surface area contributed by atoms with Crippen molar-refractivity contribution >= 4 is 17.7 Å². The third-order valence-electron chi connectivity index (χ3n) is 2.86. The minimum atomic E-state index is -0.853. The zero-order chi connectivity index (χ0) is 13.8. The highest BCUT2D eigenvalue weighted by atomic mass is 32.2. The molecule has 1 aromatic carbocycles. The molecule has 0 amide bonds. The average Bonchev–Trinajstić information content (AvgIpc) is 2.71. The number of thioether (sulfide) groups is 1. The minimum Gasteiger partial charge on any atom is -0.481 e. The molecular formula is C13H15N3O2S. The van der Waals surface area contributed by atoms with Crippen molar-refractivity contribution in [3.63, 3.8) is 0 Å². The summed E-state index contributed by atoms with van der Waals surface area (Å²) >= 11 is 1.18. The molecule has 1 aromatic heterocycles. The highest BCUT2D eigenvalue weighted by Gasteiger charge is 2.11. The lowest BCUT2D eigenvalue weighted by Crippen LogP contribution is -2.03. The van der Waals surface area contributed by atoms with Crippen LogP contribution in [-0.2, 0) is 18.3 Å². The van der Waals surface area contributed by atoms with Crippen LogP contribution < -0.4 is 0 Å². The number of rotatable bonds is 5. The highest BCUT2D eigenvalue weighted by molar-refractivity contribution is 7.99. The summed E-state index contributed by atoms with van der Waals surface area (Å²) in [4.78, 5) is 10.5. The third-order valence-corrected chi connectivity index (χ3v) is 3.86. The third kappa shape index (κ3) is 3.35. The fourth-order valence-electron chi connectivity index (χ4n) is 1.73. The first-order chi connectivity index (χ1) is 9.08. The van der Waals surface area contributed by atoms with Crippen molar-refractivity contribution in [3.8, 4) is 0 Å². The molecule has 0 unspecified atom stereocenters. The van der Waals surface area contributed by atoms with Crippen molar-refractivity contribution in [1.29, 1.82) is 0 Å². The van der Waals surface area contributed by atoms with Gasteiger partial charge in [-0.2, -0.15) is 0 Å². The van der Waals surface area contributed by atoms with E-state index in [1.54, 1.807) is 0 Å². The predicted molar refractivity (Wildman–Crippen MR) is 73.3 cm³/mol. The fourth-order valence-corrected chi connectivity index (χ4v) is 2.38. The predicted octanol–water partition coefficient (Wildman–Crippen LogP) is 1.89. The van der Waals surface area contributed by atoms with Crippen LogP contribution in [0.3, 0.4) is 0 Å². The van der Waals surface area contributed by atoms with Gasteiger partial charge in [-0.15, -0.1) is 10.2 Å². The lowest BCUT2D eigenvalue weighted by molar-refractivity contribution is -0.133. The largest absolute Gasteiger partial charge is 0.481 e. The molecule has 0 spiro atoms. The second-order valence-electron chi connectivity index (χ2n) is 4.24. The van der Waals surface area contributed by atoms with Gasteiger partial charge in [0.15, 0.2) is 5.16 Å². The monoisotopic (exact) mass is 277 g/mol. The normalized spacial score (nSPS) is 10.6. The quantitative estimate of drug-likeness (QED) is 0.845. The molecule has 1 N–H and O–H groups in total. The Kier molecular flexibility index (Phi) is 4.21. The van der Waals surface area contributed by atoms with E-state index in [9.17, 15) is 4.79 Å². The van der Waals surface area contributed by atoms with E-state index in [2.05, 4.69) is 29.3 Å². The zero-order valence-corrected chi connectivity index (χ0v) is 11.6.